The molecule has 0 radical (unpaired) electrons. The Labute approximate surface area is 137 Å². The molecule has 3 unspecified atom stereocenters. The van der Waals surface area contributed by atoms with Crippen LogP contribution in [0.1, 0.15) is 11.9 Å². The zero-order chi connectivity index (χ0) is 16.8. The van der Waals surface area contributed by atoms with Crippen LogP contribution in [-0.4, -0.2) is 67.9 Å². The molecule has 0 spiro atoms. The van der Waals surface area contributed by atoms with Crippen LogP contribution in [0.5, 0.6) is 0 Å². The lowest BCUT2D eigenvalue weighted by molar-refractivity contribution is -0.0491. The molecule has 0 amide bonds. The number of rotatable bonds is 4. The summed E-state index contributed by atoms with van der Waals surface area (Å²) in [6.07, 6.45) is -2.93. The molecule has 12 heteroatoms. The van der Waals surface area contributed by atoms with Gasteiger partial charge in [0.05, 0.1) is 19.6 Å². The SMILES string of the molecule is CP(=O)(O)OC[C@@H]1O[C@H](n2cnc3c2NCNC3=S)C(O)C1O. The van der Waals surface area contributed by atoms with Gasteiger partial charge in [-0.1, -0.05) is 12.2 Å². The molecule has 0 aliphatic carbocycles. The van der Waals surface area contributed by atoms with Crippen LogP contribution in [0.15, 0.2) is 6.33 Å². The van der Waals surface area contributed by atoms with E-state index in [1.165, 1.54) is 10.9 Å². The predicted octanol–water partition coefficient (Wildman–Crippen LogP) is -1.02. The van der Waals surface area contributed by atoms with Gasteiger partial charge < -0.3 is 35.0 Å². The molecular weight excluding hydrogens is 347 g/mol. The Morgan fingerprint density at radius 3 is 2.96 bits per heavy atom. The van der Waals surface area contributed by atoms with Crippen LogP contribution < -0.4 is 10.6 Å². The van der Waals surface area contributed by atoms with Crippen molar-refractivity contribution in [3.63, 3.8) is 0 Å². The van der Waals surface area contributed by atoms with E-state index in [1.807, 2.05) is 0 Å². The third-order valence-corrected chi connectivity index (χ3v) is 4.57. The van der Waals surface area contributed by atoms with Gasteiger partial charge in [-0.15, -0.1) is 0 Å². The first kappa shape index (κ1) is 16.8. The van der Waals surface area contributed by atoms with Crippen molar-refractivity contribution in [1.29, 1.82) is 0 Å². The second-order valence-corrected chi connectivity index (χ2v) is 7.63. The van der Waals surface area contributed by atoms with Crippen molar-refractivity contribution in [2.75, 3.05) is 25.3 Å². The fourth-order valence-corrected chi connectivity index (χ4v) is 3.14. The Balaban J connectivity index is 1.79. The average molecular weight is 364 g/mol. The highest BCUT2D eigenvalue weighted by molar-refractivity contribution is 7.80. The molecule has 10 nitrogen and oxygen atoms in total. The van der Waals surface area contributed by atoms with E-state index in [1.54, 1.807) is 0 Å². The summed E-state index contributed by atoms with van der Waals surface area (Å²) in [6.45, 7) is 1.12. The number of nitrogens with zero attached hydrogens (tertiary/aromatic N) is 2. The molecule has 0 bridgehead atoms. The Hall–Kier alpha value is -1.07. The van der Waals surface area contributed by atoms with Crippen molar-refractivity contribution >= 4 is 30.6 Å². The fraction of sp³-hybridized carbons (Fsp3) is 0.636. The van der Waals surface area contributed by atoms with Crippen LogP contribution in [0, 0.1) is 0 Å². The fourth-order valence-electron chi connectivity index (χ4n) is 2.50. The van der Waals surface area contributed by atoms with Crippen molar-refractivity contribution in [1.82, 2.24) is 14.9 Å². The maximum absolute atomic E-state index is 11.2. The van der Waals surface area contributed by atoms with Gasteiger partial charge in [0, 0.05) is 6.66 Å². The molecule has 1 saturated heterocycles. The largest absolute Gasteiger partial charge is 0.387 e. The molecule has 3 rings (SSSR count). The quantitative estimate of drug-likeness (QED) is 0.333. The summed E-state index contributed by atoms with van der Waals surface area (Å²) < 4.78 is 23.1. The summed E-state index contributed by atoms with van der Waals surface area (Å²) in [5.74, 6) is 0.565. The van der Waals surface area contributed by atoms with Gasteiger partial charge in [0.2, 0.25) is 0 Å². The molecule has 5 N–H and O–H groups in total. The van der Waals surface area contributed by atoms with E-state index in [9.17, 15) is 14.8 Å². The maximum Gasteiger partial charge on any atom is 0.325 e. The first-order valence-corrected chi connectivity index (χ1v) is 9.26. The molecule has 128 valence electrons. The van der Waals surface area contributed by atoms with E-state index in [4.69, 9.17) is 26.4 Å². The summed E-state index contributed by atoms with van der Waals surface area (Å²) >= 11 is 5.15. The lowest BCUT2D eigenvalue weighted by Crippen LogP contribution is -2.36. The summed E-state index contributed by atoms with van der Waals surface area (Å²) in [5, 5.41) is 26.2. The number of hydrogen-bond acceptors (Lipinski definition) is 8. The third kappa shape index (κ3) is 3.26. The van der Waals surface area contributed by atoms with Crippen LogP contribution in [-0.2, 0) is 13.8 Å². The predicted molar refractivity (Wildman–Crippen MR) is 83.2 cm³/mol. The van der Waals surface area contributed by atoms with E-state index >= 15 is 0 Å². The first-order chi connectivity index (χ1) is 10.8. The summed E-state index contributed by atoms with van der Waals surface area (Å²) in [6, 6.07) is 0. The number of thiocarbonyl (C=S) groups is 1. The monoisotopic (exact) mass is 364 g/mol. The van der Waals surface area contributed by atoms with Crippen molar-refractivity contribution in [2.24, 2.45) is 0 Å². The number of anilines is 1. The van der Waals surface area contributed by atoms with Crippen molar-refractivity contribution in [3.05, 3.63) is 12.0 Å². The van der Waals surface area contributed by atoms with Crippen LogP contribution in [0.25, 0.3) is 0 Å². The Kier molecular flexibility index (Phi) is 4.45. The topological polar surface area (TPSA) is 138 Å². The molecule has 1 aromatic heterocycles. The Morgan fingerprint density at radius 2 is 2.26 bits per heavy atom. The lowest BCUT2D eigenvalue weighted by Gasteiger charge is -2.23. The van der Waals surface area contributed by atoms with Crippen LogP contribution in [0.4, 0.5) is 5.82 Å². The number of nitrogens with one attached hydrogen (secondary N) is 2. The van der Waals surface area contributed by atoms with Gasteiger partial charge in [0.25, 0.3) is 0 Å². The molecule has 2 aliphatic heterocycles. The number of imidazole rings is 1. The van der Waals surface area contributed by atoms with Gasteiger partial charge in [-0.25, -0.2) is 4.98 Å². The molecule has 5 atom stereocenters. The first-order valence-electron chi connectivity index (χ1n) is 6.83. The zero-order valence-corrected chi connectivity index (χ0v) is 13.8. The molecule has 23 heavy (non-hydrogen) atoms. The second-order valence-electron chi connectivity index (χ2n) is 5.35. The van der Waals surface area contributed by atoms with E-state index in [0.717, 1.165) is 6.66 Å². The highest BCUT2D eigenvalue weighted by Crippen LogP contribution is 2.39. The smallest absolute Gasteiger partial charge is 0.325 e. The normalized spacial score (nSPS) is 32.8. The third-order valence-electron chi connectivity index (χ3n) is 3.60. The van der Waals surface area contributed by atoms with Crippen LogP contribution >= 0.6 is 19.8 Å². The molecular formula is C11H17N4O6PS. The minimum absolute atomic E-state index is 0.316. The van der Waals surface area contributed by atoms with Gasteiger partial charge in [-0.2, -0.15) is 0 Å². The number of fused-ring (bicyclic) bond motifs is 1. The van der Waals surface area contributed by atoms with E-state index in [0.29, 0.717) is 23.2 Å². The van der Waals surface area contributed by atoms with Crippen molar-refractivity contribution in [3.8, 4) is 0 Å². The number of aromatic nitrogens is 2. The molecule has 3 heterocycles. The minimum Gasteiger partial charge on any atom is -0.387 e. The van der Waals surface area contributed by atoms with Crippen molar-refractivity contribution < 1.29 is 28.9 Å². The lowest BCUT2D eigenvalue weighted by atomic mass is 10.1. The number of ether oxygens (including phenoxy) is 1. The second kappa shape index (κ2) is 6.10. The molecule has 1 fully saturated rings. The van der Waals surface area contributed by atoms with Crippen LogP contribution in [0.3, 0.4) is 0 Å². The Bertz CT molecular complexity index is 663. The van der Waals surface area contributed by atoms with Gasteiger partial charge >= 0.3 is 7.60 Å². The highest BCUT2D eigenvalue weighted by atomic mass is 32.1. The van der Waals surface area contributed by atoms with Crippen LogP contribution in [0.2, 0.25) is 0 Å². The van der Waals surface area contributed by atoms with Gasteiger partial charge in [0.15, 0.2) is 6.23 Å². The molecule has 0 aromatic carbocycles. The minimum atomic E-state index is -3.70. The van der Waals surface area contributed by atoms with E-state index in [2.05, 4.69) is 15.6 Å². The van der Waals surface area contributed by atoms with Gasteiger partial charge in [-0.05, 0) is 0 Å². The average Bonchev–Trinajstić information content (AvgIpc) is 3.01. The number of aliphatic hydroxyl groups excluding tert-OH is 2. The highest BCUT2D eigenvalue weighted by Gasteiger charge is 2.45. The zero-order valence-electron chi connectivity index (χ0n) is 12.1. The maximum atomic E-state index is 11.2. The molecule has 2 aliphatic rings. The van der Waals surface area contributed by atoms with E-state index in [-0.39, 0.29) is 6.61 Å². The summed E-state index contributed by atoms with van der Waals surface area (Å²) in [4.78, 5) is 13.8. The number of hydrogen-bond donors (Lipinski definition) is 5. The van der Waals surface area contributed by atoms with Gasteiger partial charge in [0.1, 0.15) is 34.8 Å². The molecule has 0 saturated carbocycles. The molecule has 1 aromatic rings. The summed E-state index contributed by atoms with van der Waals surface area (Å²) in [5.41, 5.74) is 0.518. The Morgan fingerprint density at radius 1 is 1.52 bits per heavy atom. The standard InChI is InChI=1S/C11H17N4O6PS/c1-22(18,19)20-2-5-7(16)8(17)11(21-5)15-4-14-6-9(15)12-3-13-10(6)23/h4-5,7-8,11-12,16-17H,2-3H2,1H3,(H,13,23)(H,18,19)/t5-,7?,8?,11-/m0/s1. The van der Waals surface area contributed by atoms with Gasteiger partial charge in [-0.3, -0.25) is 9.13 Å². The van der Waals surface area contributed by atoms with E-state index < -0.39 is 32.1 Å². The summed E-state index contributed by atoms with van der Waals surface area (Å²) in [7, 11) is -3.70. The number of aliphatic hydroxyl groups is 2. The van der Waals surface area contributed by atoms with Crippen molar-refractivity contribution in [2.45, 2.75) is 24.5 Å².